The van der Waals surface area contributed by atoms with Gasteiger partial charge in [0.2, 0.25) is 5.91 Å². The summed E-state index contributed by atoms with van der Waals surface area (Å²) in [4.78, 5) is 25.5. The van der Waals surface area contributed by atoms with E-state index in [4.69, 9.17) is 16.3 Å². The van der Waals surface area contributed by atoms with Crippen LogP contribution in [0.25, 0.3) is 0 Å². The smallest absolute Gasteiger partial charge is 0.260 e. The van der Waals surface area contributed by atoms with Gasteiger partial charge >= 0.3 is 0 Å². The van der Waals surface area contributed by atoms with Gasteiger partial charge in [0.1, 0.15) is 23.9 Å². The first kappa shape index (κ1) is 22.2. The van der Waals surface area contributed by atoms with Crippen molar-refractivity contribution in [3.05, 3.63) is 75.7 Å². The van der Waals surface area contributed by atoms with E-state index in [1.54, 1.807) is 36.0 Å². The molecule has 166 valence electrons. The average molecular weight is 475 g/mol. The van der Waals surface area contributed by atoms with Crippen LogP contribution >= 0.6 is 23.4 Å². The van der Waals surface area contributed by atoms with Gasteiger partial charge < -0.3 is 15.4 Å². The molecular weight excluding hydrogens is 455 g/mol. The highest BCUT2D eigenvalue weighted by Crippen LogP contribution is 2.35. The van der Waals surface area contributed by atoms with Gasteiger partial charge in [-0.1, -0.05) is 23.7 Å². The fourth-order valence-electron chi connectivity index (χ4n) is 3.35. The van der Waals surface area contributed by atoms with Crippen molar-refractivity contribution in [1.82, 2.24) is 15.1 Å². The Balaban J connectivity index is 1.51. The molecule has 2 aromatic carbocycles. The number of anilines is 1. The molecular formula is C22H20ClFN4O3S. The number of methoxy groups -OCH3 is 1. The van der Waals surface area contributed by atoms with Crippen LogP contribution in [0.3, 0.4) is 0 Å². The quantitative estimate of drug-likeness (QED) is 0.540. The summed E-state index contributed by atoms with van der Waals surface area (Å²) < 4.78 is 19.8. The lowest BCUT2D eigenvalue weighted by molar-refractivity contribution is -0.122. The Labute approximate surface area is 193 Å². The van der Waals surface area contributed by atoms with Crippen molar-refractivity contribution in [3.63, 3.8) is 0 Å². The number of fused-ring (bicyclic) bond motifs is 1. The van der Waals surface area contributed by atoms with E-state index >= 15 is 0 Å². The zero-order valence-corrected chi connectivity index (χ0v) is 18.7. The first-order valence-corrected chi connectivity index (χ1v) is 11.3. The van der Waals surface area contributed by atoms with Gasteiger partial charge in [0.25, 0.3) is 5.91 Å². The third-order valence-corrected chi connectivity index (χ3v) is 6.16. The highest BCUT2D eigenvalue weighted by molar-refractivity contribution is 7.98. The Hall–Kier alpha value is -3.04. The van der Waals surface area contributed by atoms with Crippen LogP contribution in [0.1, 0.15) is 27.2 Å². The zero-order valence-electron chi connectivity index (χ0n) is 17.2. The van der Waals surface area contributed by atoms with Crippen LogP contribution in [0.15, 0.2) is 42.5 Å². The number of carbonyl (C=O) groups is 2. The number of nitrogens with one attached hydrogen (secondary N) is 2. The molecule has 3 aromatic rings. The predicted octanol–water partition coefficient (Wildman–Crippen LogP) is 4.00. The van der Waals surface area contributed by atoms with Crippen LogP contribution in [-0.4, -0.2) is 28.7 Å². The van der Waals surface area contributed by atoms with Crippen molar-refractivity contribution in [1.29, 1.82) is 0 Å². The number of nitrogens with zero attached hydrogens (tertiary/aromatic N) is 2. The van der Waals surface area contributed by atoms with E-state index in [1.807, 2.05) is 0 Å². The number of aromatic nitrogens is 2. The molecule has 0 spiro atoms. The standard InChI is InChI=1S/C22H20ClFN4O3S/c1-31-19-7-4-14(23)8-16(19)22(30)26-21-17-11-32-12-18(17)27-28(21)10-20(29)25-9-13-2-5-15(24)6-3-13/h2-8H,9-12H2,1H3,(H,25,29)(H,26,30). The number of rotatable bonds is 7. The van der Waals surface area contributed by atoms with Crippen molar-refractivity contribution < 1.29 is 18.7 Å². The van der Waals surface area contributed by atoms with Crippen LogP contribution < -0.4 is 15.4 Å². The average Bonchev–Trinajstić information content (AvgIpc) is 3.36. The highest BCUT2D eigenvalue weighted by atomic mass is 35.5. The predicted molar refractivity (Wildman–Crippen MR) is 121 cm³/mol. The third-order valence-electron chi connectivity index (χ3n) is 4.95. The Morgan fingerprint density at radius 2 is 2.00 bits per heavy atom. The van der Waals surface area contributed by atoms with Crippen molar-refractivity contribution >= 4 is 41.0 Å². The number of ether oxygens (including phenoxy) is 1. The largest absolute Gasteiger partial charge is 0.496 e. The van der Waals surface area contributed by atoms with Gasteiger partial charge in [-0.2, -0.15) is 16.9 Å². The highest BCUT2D eigenvalue weighted by Gasteiger charge is 2.26. The van der Waals surface area contributed by atoms with Gasteiger partial charge in [0, 0.05) is 28.6 Å². The molecule has 0 saturated carbocycles. The lowest BCUT2D eigenvalue weighted by Crippen LogP contribution is -2.29. The summed E-state index contributed by atoms with van der Waals surface area (Å²) in [6, 6.07) is 10.7. The molecule has 2 N–H and O–H groups in total. The van der Waals surface area contributed by atoms with Crippen LogP contribution in [0.2, 0.25) is 5.02 Å². The molecule has 2 heterocycles. The minimum absolute atomic E-state index is 0.0683. The van der Waals surface area contributed by atoms with E-state index in [2.05, 4.69) is 15.7 Å². The molecule has 1 aromatic heterocycles. The van der Waals surface area contributed by atoms with Crippen LogP contribution in [0, 0.1) is 5.82 Å². The van der Waals surface area contributed by atoms with Crippen molar-refractivity contribution in [2.45, 2.75) is 24.6 Å². The maximum atomic E-state index is 13.0. The molecule has 10 heteroatoms. The summed E-state index contributed by atoms with van der Waals surface area (Å²) in [5, 5.41) is 10.6. The van der Waals surface area contributed by atoms with Gasteiger partial charge in [-0.25, -0.2) is 9.07 Å². The number of carbonyl (C=O) groups excluding carboxylic acids is 2. The second-order valence-electron chi connectivity index (χ2n) is 7.13. The molecule has 0 saturated heterocycles. The molecule has 0 radical (unpaired) electrons. The molecule has 1 aliphatic heterocycles. The molecule has 2 amide bonds. The molecule has 7 nitrogen and oxygen atoms in total. The number of amides is 2. The van der Waals surface area contributed by atoms with Gasteiger partial charge in [-0.05, 0) is 35.9 Å². The zero-order chi connectivity index (χ0) is 22.7. The van der Waals surface area contributed by atoms with Gasteiger partial charge in [0.15, 0.2) is 0 Å². The van der Waals surface area contributed by atoms with Gasteiger partial charge in [-0.3, -0.25) is 9.59 Å². The number of hydrogen-bond acceptors (Lipinski definition) is 5. The number of hydrogen-bond donors (Lipinski definition) is 2. The van der Waals surface area contributed by atoms with E-state index in [0.717, 1.165) is 16.8 Å². The maximum Gasteiger partial charge on any atom is 0.260 e. The van der Waals surface area contributed by atoms with Crippen LogP contribution in [0.5, 0.6) is 5.75 Å². The van der Waals surface area contributed by atoms with Gasteiger partial charge in [0.05, 0.1) is 18.4 Å². The number of halogens is 2. The summed E-state index contributed by atoms with van der Waals surface area (Å²) in [5.74, 6) is 1.25. The van der Waals surface area contributed by atoms with Crippen LogP contribution in [0.4, 0.5) is 10.2 Å². The Kier molecular flexibility index (Phi) is 6.66. The Bertz CT molecular complexity index is 1170. The van der Waals surface area contributed by atoms with E-state index in [1.165, 1.54) is 30.0 Å². The molecule has 0 fully saturated rings. The van der Waals surface area contributed by atoms with Crippen LogP contribution in [-0.2, 0) is 29.4 Å². The minimum atomic E-state index is -0.406. The molecule has 0 unspecified atom stereocenters. The van der Waals surface area contributed by atoms with E-state index in [-0.39, 0.29) is 30.4 Å². The van der Waals surface area contributed by atoms with Gasteiger partial charge in [-0.15, -0.1) is 0 Å². The monoisotopic (exact) mass is 474 g/mol. The molecule has 1 aliphatic rings. The minimum Gasteiger partial charge on any atom is -0.496 e. The second-order valence-corrected chi connectivity index (χ2v) is 8.55. The summed E-state index contributed by atoms with van der Waals surface area (Å²) >= 11 is 7.75. The third kappa shape index (κ3) is 4.89. The fraction of sp³-hybridized carbons (Fsp3) is 0.227. The topological polar surface area (TPSA) is 85.2 Å². The molecule has 4 rings (SSSR count). The first-order chi connectivity index (χ1) is 15.4. The number of benzene rings is 2. The molecule has 32 heavy (non-hydrogen) atoms. The SMILES string of the molecule is COc1ccc(Cl)cc1C(=O)Nc1c2c(nn1CC(=O)NCc1ccc(F)cc1)CSC2. The summed E-state index contributed by atoms with van der Waals surface area (Å²) in [5.41, 5.74) is 2.80. The summed E-state index contributed by atoms with van der Waals surface area (Å²) in [6.07, 6.45) is 0. The summed E-state index contributed by atoms with van der Waals surface area (Å²) in [6.45, 7) is 0.193. The first-order valence-electron chi connectivity index (χ1n) is 9.77. The number of thioether (sulfide) groups is 1. The lowest BCUT2D eigenvalue weighted by Gasteiger charge is -2.13. The second kappa shape index (κ2) is 9.62. The fourth-order valence-corrected chi connectivity index (χ4v) is 4.55. The maximum absolute atomic E-state index is 13.0. The van der Waals surface area contributed by atoms with Crippen molar-refractivity contribution in [3.8, 4) is 5.75 Å². The van der Waals surface area contributed by atoms with E-state index in [9.17, 15) is 14.0 Å². The molecule has 0 aliphatic carbocycles. The lowest BCUT2D eigenvalue weighted by atomic mass is 10.2. The normalized spacial score (nSPS) is 12.3. The Morgan fingerprint density at radius 1 is 1.22 bits per heavy atom. The van der Waals surface area contributed by atoms with E-state index < -0.39 is 5.91 Å². The van der Waals surface area contributed by atoms with Crippen molar-refractivity contribution in [2.75, 3.05) is 12.4 Å². The van der Waals surface area contributed by atoms with E-state index in [0.29, 0.717) is 28.1 Å². The molecule has 0 bridgehead atoms. The Morgan fingerprint density at radius 3 is 2.75 bits per heavy atom. The molecule has 0 atom stereocenters. The van der Waals surface area contributed by atoms with Crippen molar-refractivity contribution in [2.24, 2.45) is 0 Å². The summed E-state index contributed by atoms with van der Waals surface area (Å²) in [7, 11) is 1.48.